The molecular weight excluding hydrogens is 268 g/mol. The molecule has 1 N–H and O–H groups in total. The average Bonchev–Trinajstić information content (AvgIpc) is 2.76. The van der Waals surface area contributed by atoms with Gasteiger partial charge in [0.15, 0.2) is 0 Å². The standard InChI is InChI=1S/C16H20N2O3/c1-11-6-8-17(9-7-11)14-10-15(20)18(16(14)21)12-2-4-13(19)5-3-12/h2-5,11,14,19H,6-10H2,1H3. The highest BCUT2D eigenvalue weighted by atomic mass is 16.3. The third-order valence-electron chi connectivity index (χ3n) is 4.49. The van der Waals surface area contributed by atoms with Crippen molar-refractivity contribution in [3.05, 3.63) is 24.3 Å². The summed E-state index contributed by atoms with van der Waals surface area (Å²) < 4.78 is 0. The highest BCUT2D eigenvalue weighted by Crippen LogP contribution is 2.29. The summed E-state index contributed by atoms with van der Waals surface area (Å²) in [7, 11) is 0. The number of hydrogen-bond donors (Lipinski definition) is 1. The first-order valence-electron chi connectivity index (χ1n) is 7.46. The van der Waals surface area contributed by atoms with E-state index < -0.39 is 0 Å². The predicted molar refractivity (Wildman–Crippen MR) is 79.0 cm³/mol. The van der Waals surface area contributed by atoms with E-state index in [0.29, 0.717) is 11.6 Å². The smallest absolute Gasteiger partial charge is 0.251 e. The maximum atomic E-state index is 12.6. The van der Waals surface area contributed by atoms with E-state index in [-0.39, 0.29) is 30.0 Å². The lowest BCUT2D eigenvalue weighted by Crippen LogP contribution is -2.45. The molecule has 0 aliphatic carbocycles. The number of piperidine rings is 1. The minimum Gasteiger partial charge on any atom is -0.508 e. The molecule has 0 radical (unpaired) electrons. The van der Waals surface area contributed by atoms with Gasteiger partial charge in [-0.25, -0.2) is 4.90 Å². The van der Waals surface area contributed by atoms with Crippen LogP contribution in [0.1, 0.15) is 26.2 Å². The molecule has 1 atom stereocenters. The molecule has 0 bridgehead atoms. The van der Waals surface area contributed by atoms with E-state index in [4.69, 9.17) is 0 Å². The Balaban J connectivity index is 1.77. The van der Waals surface area contributed by atoms with Gasteiger partial charge in [0.1, 0.15) is 5.75 Å². The SMILES string of the molecule is CC1CCN(C2CC(=O)N(c3ccc(O)cc3)C2=O)CC1. The van der Waals surface area contributed by atoms with E-state index in [9.17, 15) is 14.7 Å². The number of carbonyl (C=O) groups is 2. The van der Waals surface area contributed by atoms with Crippen molar-refractivity contribution in [2.45, 2.75) is 32.2 Å². The number of likely N-dealkylation sites (tertiary alicyclic amines) is 1. The van der Waals surface area contributed by atoms with Crippen molar-refractivity contribution in [3.8, 4) is 5.75 Å². The van der Waals surface area contributed by atoms with Gasteiger partial charge in [-0.3, -0.25) is 14.5 Å². The third kappa shape index (κ3) is 2.65. The molecule has 1 aromatic carbocycles. The van der Waals surface area contributed by atoms with Gasteiger partial charge in [-0.15, -0.1) is 0 Å². The van der Waals surface area contributed by atoms with Crippen LogP contribution >= 0.6 is 0 Å². The van der Waals surface area contributed by atoms with E-state index in [2.05, 4.69) is 11.8 Å². The van der Waals surface area contributed by atoms with Crippen LogP contribution in [0.2, 0.25) is 0 Å². The van der Waals surface area contributed by atoms with Gasteiger partial charge < -0.3 is 5.11 Å². The van der Waals surface area contributed by atoms with Crippen LogP contribution in [0.4, 0.5) is 5.69 Å². The van der Waals surface area contributed by atoms with Crippen LogP contribution in [0.3, 0.4) is 0 Å². The number of phenolic OH excluding ortho intramolecular Hbond substituents is 1. The van der Waals surface area contributed by atoms with Crippen molar-refractivity contribution < 1.29 is 14.7 Å². The average molecular weight is 288 g/mol. The predicted octanol–water partition coefficient (Wildman–Crippen LogP) is 1.76. The summed E-state index contributed by atoms with van der Waals surface area (Å²) in [5.74, 6) is 0.524. The Bertz CT molecular complexity index is 547. The van der Waals surface area contributed by atoms with E-state index in [1.54, 1.807) is 12.1 Å². The minimum atomic E-state index is -0.321. The fourth-order valence-electron chi connectivity index (χ4n) is 3.11. The maximum absolute atomic E-state index is 12.6. The van der Waals surface area contributed by atoms with Crippen LogP contribution in [0.5, 0.6) is 5.75 Å². The first-order chi connectivity index (χ1) is 10.1. The molecule has 1 unspecified atom stereocenters. The lowest BCUT2D eigenvalue weighted by molar-refractivity contribution is -0.123. The van der Waals surface area contributed by atoms with Crippen molar-refractivity contribution in [1.82, 2.24) is 4.90 Å². The van der Waals surface area contributed by atoms with E-state index in [1.165, 1.54) is 17.0 Å². The summed E-state index contributed by atoms with van der Waals surface area (Å²) in [4.78, 5) is 28.2. The van der Waals surface area contributed by atoms with Crippen molar-refractivity contribution in [1.29, 1.82) is 0 Å². The molecule has 5 heteroatoms. The van der Waals surface area contributed by atoms with E-state index in [0.717, 1.165) is 25.9 Å². The van der Waals surface area contributed by atoms with Crippen molar-refractivity contribution in [2.75, 3.05) is 18.0 Å². The van der Waals surface area contributed by atoms with Gasteiger partial charge in [-0.05, 0) is 56.1 Å². The van der Waals surface area contributed by atoms with Crippen molar-refractivity contribution in [3.63, 3.8) is 0 Å². The van der Waals surface area contributed by atoms with Gasteiger partial charge >= 0.3 is 0 Å². The van der Waals surface area contributed by atoms with Crippen LogP contribution < -0.4 is 4.90 Å². The largest absolute Gasteiger partial charge is 0.508 e. The molecule has 2 saturated heterocycles. The summed E-state index contributed by atoms with van der Waals surface area (Å²) in [6.45, 7) is 3.99. The van der Waals surface area contributed by atoms with Gasteiger partial charge in [-0.2, -0.15) is 0 Å². The topological polar surface area (TPSA) is 60.9 Å². The zero-order valence-corrected chi connectivity index (χ0v) is 12.2. The summed E-state index contributed by atoms with van der Waals surface area (Å²) in [6, 6.07) is 5.87. The summed E-state index contributed by atoms with van der Waals surface area (Å²) >= 11 is 0. The molecule has 112 valence electrons. The number of hydrogen-bond acceptors (Lipinski definition) is 4. The van der Waals surface area contributed by atoms with Crippen LogP contribution in [-0.2, 0) is 9.59 Å². The molecule has 2 aliphatic heterocycles. The first kappa shape index (κ1) is 14.1. The van der Waals surface area contributed by atoms with Crippen molar-refractivity contribution in [2.24, 2.45) is 5.92 Å². The Hall–Kier alpha value is -1.88. The number of imide groups is 1. The molecule has 2 heterocycles. The second kappa shape index (κ2) is 5.48. The van der Waals surface area contributed by atoms with Gasteiger partial charge in [0, 0.05) is 0 Å². The molecule has 3 rings (SSSR count). The normalized spacial score (nSPS) is 24.8. The molecule has 2 aliphatic rings. The number of amides is 2. The summed E-state index contributed by atoms with van der Waals surface area (Å²) in [6.07, 6.45) is 2.42. The molecule has 0 aromatic heterocycles. The number of nitrogens with zero attached hydrogens (tertiary/aromatic N) is 2. The Morgan fingerprint density at radius 3 is 2.33 bits per heavy atom. The third-order valence-corrected chi connectivity index (χ3v) is 4.49. The Morgan fingerprint density at radius 1 is 1.10 bits per heavy atom. The van der Waals surface area contributed by atoms with Gasteiger partial charge in [0.25, 0.3) is 5.91 Å². The lowest BCUT2D eigenvalue weighted by atomic mass is 9.97. The molecule has 0 saturated carbocycles. The van der Waals surface area contributed by atoms with Gasteiger partial charge in [0.2, 0.25) is 5.91 Å². The maximum Gasteiger partial charge on any atom is 0.251 e. The zero-order valence-electron chi connectivity index (χ0n) is 12.2. The number of benzene rings is 1. The number of anilines is 1. The van der Waals surface area contributed by atoms with Crippen LogP contribution in [0.25, 0.3) is 0 Å². The van der Waals surface area contributed by atoms with Crippen LogP contribution in [-0.4, -0.2) is 41.0 Å². The first-order valence-corrected chi connectivity index (χ1v) is 7.46. The minimum absolute atomic E-state index is 0.124. The highest BCUT2D eigenvalue weighted by molar-refractivity contribution is 6.22. The second-order valence-corrected chi connectivity index (χ2v) is 6.02. The second-order valence-electron chi connectivity index (χ2n) is 6.02. The van der Waals surface area contributed by atoms with Crippen LogP contribution in [0.15, 0.2) is 24.3 Å². The number of phenols is 1. The molecule has 0 spiro atoms. The van der Waals surface area contributed by atoms with E-state index >= 15 is 0 Å². The van der Waals surface area contributed by atoms with Gasteiger partial charge in [0.05, 0.1) is 18.2 Å². The number of carbonyl (C=O) groups excluding carboxylic acids is 2. The molecule has 5 nitrogen and oxygen atoms in total. The quantitative estimate of drug-likeness (QED) is 0.842. The lowest BCUT2D eigenvalue weighted by Gasteiger charge is -2.33. The Kier molecular flexibility index (Phi) is 3.68. The van der Waals surface area contributed by atoms with Crippen LogP contribution in [0, 0.1) is 5.92 Å². The molecule has 21 heavy (non-hydrogen) atoms. The summed E-state index contributed by atoms with van der Waals surface area (Å²) in [5, 5.41) is 9.32. The zero-order chi connectivity index (χ0) is 15.0. The molecule has 2 fully saturated rings. The molecular formula is C16H20N2O3. The number of aromatic hydroxyl groups is 1. The Morgan fingerprint density at radius 2 is 1.71 bits per heavy atom. The Labute approximate surface area is 124 Å². The molecule has 2 amide bonds. The fraction of sp³-hybridized carbons (Fsp3) is 0.500. The number of rotatable bonds is 2. The molecule has 1 aromatic rings. The van der Waals surface area contributed by atoms with Gasteiger partial charge in [-0.1, -0.05) is 6.92 Å². The highest BCUT2D eigenvalue weighted by Gasteiger charge is 2.43. The monoisotopic (exact) mass is 288 g/mol. The fourth-order valence-corrected chi connectivity index (χ4v) is 3.11. The van der Waals surface area contributed by atoms with Crippen molar-refractivity contribution >= 4 is 17.5 Å². The van der Waals surface area contributed by atoms with E-state index in [1.807, 2.05) is 0 Å². The summed E-state index contributed by atoms with van der Waals surface area (Å²) in [5.41, 5.74) is 0.538.